The smallest absolute Gasteiger partial charge is 0.194 e. The molecule has 0 radical (unpaired) electrons. The number of hydrogen-bond acceptors (Lipinski definition) is 4. The van der Waals surface area contributed by atoms with Crippen LogP contribution < -0.4 is 4.74 Å². The Balaban J connectivity index is 1.45. The fraction of sp³-hybridized carbons (Fsp3) is 0.240. The van der Waals surface area contributed by atoms with Gasteiger partial charge < -0.3 is 9.30 Å². The van der Waals surface area contributed by atoms with Gasteiger partial charge in [-0.3, -0.25) is 0 Å². The van der Waals surface area contributed by atoms with Crippen LogP contribution in [-0.2, 0) is 6.54 Å². The first kappa shape index (κ1) is 22.8. The molecule has 10 heteroatoms. The van der Waals surface area contributed by atoms with Crippen LogP contribution in [-0.4, -0.2) is 31.4 Å². The van der Waals surface area contributed by atoms with Gasteiger partial charge in [0.15, 0.2) is 23.3 Å². The number of halogens is 4. The molecule has 3 heterocycles. The molecule has 1 aliphatic heterocycles. The third-order valence-corrected chi connectivity index (χ3v) is 6.00. The summed E-state index contributed by atoms with van der Waals surface area (Å²) in [7, 11) is 1.50. The Labute approximate surface area is 198 Å². The molecule has 0 saturated heterocycles. The van der Waals surface area contributed by atoms with Gasteiger partial charge in [-0.1, -0.05) is 0 Å². The third kappa shape index (κ3) is 4.31. The maximum atomic E-state index is 14.9. The van der Waals surface area contributed by atoms with Crippen molar-refractivity contribution in [3.63, 3.8) is 0 Å². The van der Waals surface area contributed by atoms with E-state index in [-0.39, 0.29) is 5.56 Å². The van der Waals surface area contributed by atoms with Crippen LogP contribution in [0.3, 0.4) is 0 Å². The highest BCUT2D eigenvalue weighted by molar-refractivity contribution is 5.69. The van der Waals surface area contributed by atoms with E-state index < -0.39 is 29.2 Å². The minimum absolute atomic E-state index is 0.273. The molecule has 0 fully saturated rings. The lowest BCUT2D eigenvalue weighted by molar-refractivity contribution is 0.411. The van der Waals surface area contributed by atoms with Crippen molar-refractivity contribution in [3.05, 3.63) is 88.5 Å². The molecule has 6 nitrogen and oxygen atoms in total. The molecule has 0 saturated carbocycles. The van der Waals surface area contributed by atoms with Crippen molar-refractivity contribution in [1.29, 1.82) is 0 Å². The van der Waals surface area contributed by atoms with Crippen molar-refractivity contribution in [1.82, 2.24) is 24.3 Å². The zero-order valence-corrected chi connectivity index (χ0v) is 19.0. The van der Waals surface area contributed by atoms with Crippen LogP contribution in [0.4, 0.5) is 17.6 Å². The van der Waals surface area contributed by atoms with Crippen LogP contribution in [0.2, 0.25) is 0 Å². The predicted octanol–water partition coefficient (Wildman–Crippen LogP) is 5.43. The molecule has 180 valence electrons. The molecule has 0 spiro atoms. The standard InChI is InChI=1S/C25H21F4N5O/c1-14-12-33(13-30-14)21-11-18(26)15(10-22(21)35-2)5-6-23-31-25-17(4-3-7-34(25)32-23)16-8-19(27)24(29)20(28)9-16/h5-6,8-13,17H,3-4,7H2,1-2H3/t17-/m0/s1. The number of hydrogen-bond donors (Lipinski definition) is 0. The Hall–Kier alpha value is -3.95. The number of benzene rings is 2. The van der Waals surface area contributed by atoms with Gasteiger partial charge >= 0.3 is 0 Å². The monoisotopic (exact) mass is 483 g/mol. The van der Waals surface area contributed by atoms with Gasteiger partial charge in [0.25, 0.3) is 0 Å². The molecule has 1 atom stereocenters. The van der Waals surface area contributed by atoms with E-state index in [1.54, 1.807) is 33.9 Å². The first-order valence-electron chi connectivity index (χ1n) is 11.0. The minimum atomic E-state index is -1.50. The van der Waals surface area contributed by atoms with E-state index in [9.17, 15) is 17.6 Å². The van der Waals surface area contributed by atoms with E-state index in [1.165, 1.54) is 19.3 Å². The van der Waals surface area contributed by atoms with Crippen LogP contribution in [0.1, 0.15) is 47.2 Å². The molecule has 2 aromatic heterocycles. The SMILES string of the molecule is COc1cc(C=Cc2nc3n(n2)CCC[C@H]3c2cc(F)c(F)c(F)c2)c(F)cc1-n1cnc(C)c1. The van der Waals surface area contributed by atoms with E-state index in [0.29, 0.717) is 48.0 Å². The van der Waals surface area contributed by atoms with E-state index >= 15 is 0 Å². The van der Waals surface area contributed by atoms with E-state index in [4.69, 9.17) is 4.74 Å². The summed E-state index contributed by atoms with van der Waals surface area (Å²) < 4.78 is 64.7. The molecular formula is C25H21F4N5O. The topological polar surface area (TPSA) is 57.8 Å². The number of methoxy groups -OCH3 is 1. The summed E-state index contributed by atoms with van der Waals surface area (Å²) in [5.41, 5.74) is 1.87. The molecule has 4 aromatic rings. The lowest BCUT2D eigenvalue weighted by Gasteiger charge is -2.22. The van der Waals surface area contributed by atoms with Crippen molar-refractivity contribution in [3.8, 4) is 11.4 Å². The summed E-state index contributed by atoms with van der Waals surface area (Å²) >= 11 is 0. The molecule has 0 amide bonds. The second-order valence-electron chi connectivity index (χ2n) is 8.35. The summed E-state index contributed by atoms with van der Waals surface area (Å²) in [5.74, 6) is -3.58. The molecule has 0 N–H and O–H groups in total. The third-order valence-electron chi connectivity index (χ3n) is 6.00. The van der Waals surface area contributed by atoms with Crippen molar-refractivity contribution >= 4 is 12.2 Å². The van der Waals surface area contributed by atoms with Gasteiger partial charge in [-0.25, -0.2) is 32.2 Å². The Morgan fingerprint density at radius 2 is 1.80 bits per heavy atom. The predicted molar refractivity (Wildman–Crippen MR) is 121 cm³/mol. The minimum Gasteiger partial charge on any atom is -0.495 e. The summed E-state index contributed by atoms with van der Waals surface area (Å²) in [5, 5.41) is 4.44. The Bertz CT molecular complexity index is 1420. The van der Waals surface area contributed by atoms with Crippen LogP contribution in [0.5, 0.6) is 5.75 Å². The number of rotatable bonds is 5. The van der Waals surface area contributed by atoms with Crippen LogP contribution in [0.25, 0.3) is 17.8 Å². The largest absolute Gasteiger partial charge is 0.495 e. The molecule has 0 bridgehead atoms. The van der Waals surface area contributed by atoms with E-state index in [0.717, 1.165) is 17.8 Å². The fourth-order valence-corrected chi connectivity index (χ4v) is 4.30. The van der Waals surface area contributed by atoms with E-state index in [1.807, 2.05) is 6.92 Å². The van der Waals surface area contributed by atoms with Crippen LogP contribution in [0.15, 0.2) is 36.8 Å². The maximum absolute atomic E-state index is 14.9. The first-order valence-corrected chi connectivity index (χ1v) is 11.0. The van der Waals surface area contributed by atoms with Crippen molar-refractivity contribution < 1.29 is 22.3 Å². The molecule has 1 aliphatic rings. The van der Waals surface area contributed by atoms with Crippen molar-refractivity contribution in [2.75, 3.05) is 7.11 Å². The van der Waals surface area contributed by atoms with Crippen molar-refractivity contribution in [2.45, 2.75) is 32.2 Å². The second kappa shape index (κ2) is 9.01. The lowest BCUT2D eigenvalue weighted by Crippen LogP contribution is -2.18. The number of ether oxygens (including phenoxy) is 1. The fourth-order valence-electron chi connectivity index (χ4n) is 4.30. The average Bonchev–Trinajstić information content (AvgIpc) is 3.46. The summed E-state index contributed by atoms with van der Waals surface area (Å²) in [6.45, 7) is 2.42. The molecule has 2 aromatic carbocycles. The zero-order valence-electron chi connectivity index (χ0n) is 19.0. The van der Waals surface area contributed by atoms with Gasteiger partial charge in [0, 0.05) is 30.3 Å². The number of aryl methyl sites for hydroxylation is 2. The number of aromatic nitrogens is 5. The highest BCUT2D eigenvalue weighted by atomic mass is 19.2. The number of fused-ring (bicyclic) bond motifs is 1. The van der Waals surface area contributed by atoms with Gasteiger partial charge in [0.2, 0.25) is 0 Å². The van der Waals surface area contributed by atoms with E-state index in [2.05, 4.69) is 15.1 Å². The van der Waals surface area contributed by atoms with Gasteiger partial charge in [0.05, 0.1) is 24.8 Å². The summed E-state index contributed by atoms with van der Waals surface area (Å²) in [6.07, 6.45) is 7.75. The Morgan fingerprint density at radius 1 is 1.03 bits per heavy atom. The quantitative estimate of drug-likeness (QED) is 0.281. The zero-order chi connectivity index (χ0) is 24.7. The normalized spacial score (nSPS) is 15.5. The van der Waals surface area contributed by atoms with Gasteiger partial charge in [-0.2, -0.15) is 5.10 Å². The van der Waals surface area contributed by atoms with Crippen molar-refractivity contribution in [2.24, 2.45) is 0 Å². The number of nitrogens with zero attached hydrogens (tertiary/aromatic N) is 5. The second-order valence-corrected chi connectivity index (χ2v) is 8.35. The van der Waals surface area contributed by atoms with Gasteiger partial charge in [-0.15, -0.1) is 0 Å². The summed E-state index contributed by atoms with van der Waals surface area (Å²) in [6, 6.07) is 4.92. The molecule has 0 aliphatic carbocycles. The van der Waals surface area contributed by atoms with Gasteiger partial charge in [0.1, 0.15) is 17.4 Å². The summed E-state index contributed by atoms with van der Waals surface area (Å²) in [4.78, 5) is 8.67. The average molecular weight is 483 g/mol. The number of imidazole rings is 1. The van der Waals surface area contributed by atoms with Crippen LogP contribution in [0, 0.1) is 30.2 Å². The Kier molecular flexibility index (Phi) is 5.88. The molecule has 35 heavy (non-hydrogen) atoms. The first-order chi connectivity index (χ1) is 16.8. The molecular weight excluding hydrogens is 462 g/mol. The molecule has 0 unspecified atom stereocenters. The maximum Gasteiger partial charge on any atom is 0.194 e. The van der Waals surface area contributed by atoms with Gasteiger partial charge in [-0.05, 0) is 55.7 Å². The van der Waals surface area contributed by atoms with Crippen LogP contribution >= 0.6 is 0 Å². The highest BCUT2D eigenvalue weighted by Crippen LogP contribution is 2.34. The molecule has 5 rings (SSSR count). The lowest BCUT2D eigenvalue weighted by atomic mass is 9.91. The Morgan fingerprint density at radius 3 is 2.49 bits per heavy atom. The highest BCUT2D eigenvalue weighted by Gasteiger charge is 2.27.